The van der Waals surface area contributed by atoms with Gasteiger partial charge in [-0.3, -0.25) is 4.79 Å². The van der Waals surface area contributed by atoms with Crippen molar-refractivity contribution in [2.45, 2.75) is 46.1 Å². The lowest BCUT2D eigenvalue weighted by Gasteiger charge is -2.19. The van der Waals surface area contributed by atoms with Crippen molar-refractivity contribution in [1.82, 2.24) is 4.90 Å². The zero-order chi connectivity index (χ0) is 14.6. The van der Waals surface area contributed by atoms with E-state index in [0.717, 1.165) is 6.42 Å². The first-order chi connectivity index (χ1) is 8.82. The Morgan fingerprint density at radius 2 is 1.95 bits per heavy atom. The number of aliphatic hydroxyl groups is 1. The average Bonchev–Trinajstić information content (AvgIpc) is 2.35. The second kappa shape index (κ2) is 6.71. The number of hydrogen-bond donors (Lipinski definition) is 1. The second-order valence-corrected chi connectivity index (χ2v) is 5.53. The Morgan fingerprint density at radius 3 is 2.47 bits per heavy atom. The van der Waals surface area contributed by atoms with E-state index < -0.39 is 6.10 Å². The summed E-state index contributed by atoms with van der Waals surface area (Å²) >= 11 is 0. The van der Waals surface area contributed by atoms with Gasteiger partial charge >= 0.3 is 0 Å². The summed E-state index contributed by atoms with van der Waals surface area (Å²) < 4.78 is 0. The fourth-order valence-corrected chi connectivity index (χ4v) is 2.04. The lowest BCUT2D eigenvalue weighted by Crippen LogP contribution is -2.36. The quantitative estimate of drug-likeness (QED) is 0.886. The molecular weight excluding hydrogens is 238 g/mol. The highest BCUT2D eigenvalue weighted by atomic mass is 16.3. The first kappa shape index (κ1) is 15.7. The fourth-order valence-electron chi connectivity index (χ4n) is 2.04. The number of benzene rings is 1. The van der Waals surface area contributed by atoms with Gasteiger partial charge in [-0.2, -0.15) is 0 Å². The van der Waals surface area contributed by atoms with Crippen LogP contribution in [0.4, 0.5) is 0 Å². The lowest BCUT2D eigenvalue weighted by molar-refractivity contribution is -0.137. The molecule has 0 radical (unpaired) electrons. The van der Waals surface area contributed by atoms with Crippen molar-refractivity contribution in [3.8, 4) is 0 Å². The molecular formula is C16H25NO2. The van der Waals surface area contributed by atoms with Gasteiger partial charge in [-0.25, -0.2) is 0 Å². The van der Waals surface area contributed by atoms with Gasteiger partial charge in [0, 0.05) is 13.6 Å². The van der Waals surface area contributed by atoms with Crippen LogP contribution in [0.25, 0.3) is 0 Å². The van der Waals surface area contributed by atoms with Crippen molar-refractivity contribution in [2.24, 2.45) is 0 Å². The molecule has 0 saturated heterocycles. The molecule has 1 aromatic carbocycles. The molecule has 1 N–H and O–H groups in total. The Balaban J connectivity index is 2.72. The highest BCUT2D eigenvalue weighted by Crippen LogP contribution is 2.19. The first-order valence-corrected chi connectivity index (χ1v) is 6.85. The Bertz CT molecular complexity index is 438. The summed E-state index contributed by atoms with van der Waals surface area (Å²) in [6, 6.07) is 6.52. The van der Waals surface area contributed by atoms with E-state index in [9.17, 15) is 9.90 Å². The SMILES string of the molecule is Cc1ccc(C(C)C)cc1CCN(C)C(=O)C(C)O. The van der Waals surface area contributed by atoms with E-state index in [1.165, 1.54) is 23.6 Å². The van der Waals surface area contributed by atoms with E-state index in [1.807, 2.05) is 0 Å². The average molecular weight is 263 g/mol. The van der Waals surface area contributed by atoms with Gasteiger partial charge in [0.1, 0.15) is 6.10 Å². The van der Waals surface area contributed by atoms with Gasteiger partial charge in [-0.1, -0.05) is 32.0 Å². The van der Waals surface area contributed by atoms with Crippen LogP contribution in [-0.2, 0) is 11.2 Å². The molecule has 1 unspecified atom stereocenters. The van der Waals surface area contributed by atoms with Crippen molar-refractivity contribution in [3.05, 3.63) is 34.9 Å². The third-order valence-corrected chi connectivity index (χ3v) is 3.49. The minimum Gasteiger partial charge on any atom is -0.384 e. The van der Waals surface area contributed by atoms with Crippen molar-refractivity contribution in [1.29, 1.82) is 0 Å². The van der Waals surface area contributed by atoms with Crippen LogP contribution in [0, 0.1) is 6.92 Å². The second-order valence-electron chi connectivity index (χ2n) is 5.53. The summed E-state index contributed by atoms with van der Waals surface area (Å²) in [5, 5.41) is 9.27. The molecule has 0 saturated carbocycles. The van der Waals surface area contributed by atoms with Crippen molar-refractivity contribution < 1.29 is 9.90 Å². The maximum Gasteiger partial charge on any atom is 0.250 e. The van der Waals surface area contributed by atoms with E-state index in [0.29, 0.717) is 12.5 Å². The normalized spacial score (nSPS) is 12.6. The smallest absolute Gasteiger partial charge is 0.250 e. The number of aryl methyl sites for hydroxylation is 1. The highest BCUT2D eigenvalue weighted by Gasteiger charge is 2.14. The van der Waals surface area contributed by atoms with Crippen LogP contribution in [0.3, 0.4) is 0 Å². The lowest BCUT2D eigenvalue weighted by atomic mass is 9.96. The standard InChI is InChI=1S/C16H25NO2/c1-11(2)14-7-6-12(3)15(10-14)8-9-17(5)16(19)13(4)18/h6-7,10-11,13,18H,8-9H2,1-5H3. The molecule has 1 rings (SSSR count). The molecule has 1 aromatic rings. The summed E-state index contributed by atoms with van der Waals surface area (Å²) in [5.41, 5.74) is 3.85. The molecule has 0 aliphatic heterocycles. The predicted molar refractivity (Wildman–Crippen MR) is 78.3 cm³/mol. The van der Waals surface area contributed by atoms with Gasteiger partial charge in [-0.05, 0) is 42.9 Å². The third kappa shape index (κ3) is 4.35. The van der Waals surface area contributed by atoms with E-state index in [2.05, 4.69) is 39.0 Å². The molecule has 0 heterocycles. The molecule has 0 fully saturated rings. The molecule has 1 amide bonds. The third-order valence-electron chi connectivity index (χ3n) is 3.49. The molecule has 106 valence electrons. The number of aliphatic hydroxyl groups excluding tert-OH is 1. The van der Waals surface area contributed by atoms with Gasteiger partial charge < -0.3 is 10.0 Å². The number of nitrogens with zero attached hydrogens (tertiary/aromatic N) is 1. The Hall–Kier alpha value is -1.35. The highest BCUT2D eigenvalue weighted by molar-refractivity contribution is 5.79. The van der Waals surface area contributed by atoms with Crippen LogP contribution in [-0.4, -0.2) is 35.6 Å². The topological polar surface area (TPSA) is 40.5 Å². The summed E-state index contributed by atoms with van der Waals surface area (Å²) in [5.74, 6) is 0.286. The van der Waals surface area contributed by atoms with Crippen LogP contribution in [0.1, 0.15) is 43.4 Å². The molecule has 0 aromatic heterocycles. The van der Waals surface area contributed by atoms with E-state index in [-0.39, 0.29) is 5.91 Å². The van der Waals surface area contributed by atoms with Gasteiger partial charge in [0.25, 0.3) is 5.91 Å². The summed E-state index contributed by atoms with van der Waals surface area (Å²) in [6.07, 6.45) is -0.102. The number of rotatable bonds is 5. The van der Waals surface area contributed by atoms with Crippen molar-refractivity contribution >= 4 is 5.91 Å². The molecule has 0 bridgehead atoms. The summed E-state index contributed by atoms with van der Waals surface area (Å²) in [6.45, 7) is 8.58. The largest absolute Gasteiger partial charge is 0.384 e. The Morgan fingerprint density at radius 1 is 1.32 bits per heavy atom. The van der Waals surface area contributed by atoms with E-state index >= 15 is 0 Å². The maximum atomic E-state index is 11.6. The minimum atomic E-state index is -0.923. The molecule has 1 atom stereocenters. The van der Waals surface area contributed by atoms with Crippen molar-refractivity contribution in [2.75, 3.05) is 13.6 Å². The van der Waals surface area contributed by atoms with Gasteiger partial charge in [0.05, 0.1) is 0 Å². The van der Waals surface area contributed by atoms with Crippen LogP contribution < -0.4 is 0 Å². The number of carbonyl (C=O) groups excluding carboxylic acids is 1. The zero-order valence-electron chi connectivity index (χ0n) is 12.6. The Kier molecular flexibility index (Phi) is 5.55. The monoisotopic (exact) mass is 263 g/mol. The molecule has 0 aliphatic carbocycles. The molecule has 0 spiro atoms. The van der Waals surface area contributed by atoms with Crippen molar-refractivity contribution in [3.63, 3.8) is 0 Å². The number of hydrogen-bond acceptors (Lipinski definition) is 2. The zero-order valence-corrected chi connectivity index (χ0v) is 12.6. The van der Waals surface area contributed by atoms with Gasteiger partial charge in [0.15, 0.2) is 0 Å². The maximum absolute atomic E-state index is 11.6. The Labute approximate surface area is 116 Å². The van der Waals surface area contributed by atoms with Gasteiger partial charge in [-0.15, -0.1) is 0 Å². The number of carbonyl (C=O) groups is 1. The predicted octanol–water partition coefficient (Wildman–Crippen LogP) is 2.50. The summed E-state index contributed by atoms with van der Waals surface area (Å²) in [7, 11) is 1.73. The van der Waals surface area contributed by atoms with Crippen LogP contribution in [0.2, 0.25) is 0 Å². The number of amides is 1. The molecule has 0 aliphatic rings. The van der Waals surface area contributed by atoms with Crippen LogP contribution in [0.15, 0.2) is 18.2 Å². The fraction of sp³-hybridized carbons (Fsp3) is 0.562. The molecule has 3 heteroatoms. The van der Waals surface area contributed by atoms with Crippen LogP contribution >= 0.6 is 0 Å². The summed E-state index contributed by atoms with van der Waals surface area (Å²) in [4.78, 5) is 13.2. The van der Waals surface area contributed by atoms with Gasteiger partial charge in [0.2, 0.25) is 0 Å². The molecule has 3 nitrogen and oxygen atoms in total. The first-order valence-electron chi connectivity index (χ1n) is 6.85. The number of likely N-dealkylation sites (N-methyl/N-ethyl adjacent to an activating group) is 1. The van der Waals surface area contributed by atoms with E-state index in [1.54, 1.807) is 11.9 Å². The minimum absolute atomic E-state index is 0.224. The van der Waals surface area contributed by atoms with Crippen LogP contribution in [0.5, 0.6) is 0 Å². The molecule has 19 heavy (non-hydrogen) atoms. The van der Waals surface area contributed by atoms with E-state index in [4.69, 9.17) is 0 Å².